The van der Waals surface area contributed by atoms with Crippen LogP contribution < -0.4 is 5.32 Å². The number of carboxylic acid groups (broad SMARTS) is 1. The van der Waals surface area contributed by atoms with Gasteiger partial charge in [-0.25, -0.2) is 9.78 Å². The summed E-state index contributed by atoms with van der Waals surface area (Å²) in [6, 6.07) is 1.78. The number of likely N-dealkylation sites (tertiary alicyclic amines) is 1. The molecule has 2 rings (SSSR count). The van der Waals surface area contributed by atoms with Gasteiger partial charge in [0.25, 0.3) is 0 Å². The third-order valence-electron chi connectivity index (χ3n) is 3.59. The summed E-state index contributed by atoms with van der Waals surface area (Å²) in [5, 5.41) is 11.8. The van der Waals surface area contributed by atoms with Crippen LogP contribution in [0.1, 0.15) is 28.9 Å². The summed E-state index contributed by atoms with van der Waals surface area (Å²) >= 11 is 0. The first-order valence-electron chi connectivity index (χ1n) is 6.54. The maximum Gasteiger partial charge on any atom is 0.433 e. The predicted octanol–water partition coefficient (Wildman–Crippen LogP) is 2.30. The molecule has 0 spiro atoms. The molecule has 0 radical (unpaired) electrons. The Kier molecular flexibility index (Phi) is 4.36. The topological polar surface area (TPSA) is 65.5 Å². The molecule has 8 heteroatoms. The minimum atomic E-state index is -4.60. The van der Waals surface area contributed by atoms with Crippen LogP contribution >= 0.6 is 0 Å². The number of nitrogens with zero attached hydrogens (tertiary/aromatic N) is 2. The first-order chi connectivity index (χ1) is 9.79. The predicted molar refractivity (Wildman–Crippen MR) is 70.3 cm³/mol. The first-order valence-corrected chi connectivity index (χ1v) is 6.54. The number of likely N-dealkylation sites (N-methyl/N-ethyl adjacent to an activating group) is 1. The molecule has 1 atom stereocenters. The monoisotopic (exact) mass is 303 g/mol. The third kappa shape index (κ3) is 3.63. The van der Waals surface area contributed by atoms with Gasteiger partial charge >= 0.3 is 12.1 Å². The maximum atomic E-state index is 12.7. The van der Waals surface area contributed by atoms with Gasteiger partial charge in [0.05, 0.1) is 0 Å². The summed E-state index contributed by atoms with van der Waals surface area (Å²) in [6.45, 7) is 1.29. The van der Waals surface area contributed by atoms with Gasteiger partial charge in [-0.3, -0.25) is 0 Å². The SMILES string of the molecule is CN1CCCC1CNc1nc(C(F)(F)F)ccc1C(=O)O. The molecule has 0 amide bonds. The summed E-state index contributed by atoms with van der Waals surface area (Å²) in [5.41, 5.74) is -1.36. The summed E-state index contributed by atoms with van der Waals surface area (Å²) in [5.74, 6) is -1.55. The van der Waals surface area contributed by atoms with Crippen molar-refractivity contribution in [1.29, 1.82) is 0 Å². The molecule has 1 aromatic heterocycles. The Balaban J connectivity index is 2.20. The fourth-order valence-electron chi connectivity index (χ4n) is 2.38. The first kappa shape index (κ1) is 15.6. The van der Waals surface area contributed by atoms with Gasteiger partial charge in [0.15, 0.2) is 0 Å². The number of carbonyl (C=O) groups is 1. The van der Waals surface area contributed by atoms with E-state index in [1.165, 1.54) is 0 Å². The average molecular weight is 303 g/mol. The third-order valence-corrected chi connectivity index (χ3v) is 3.59. The van der Waals surface area contributed by atoms with Gasteiger partial charge < -0.3 is 15.3 Å². The number of hydrogen-bond acceptors (Lipinski definition) is 4. The van der Waals surface area contributed by atoms with E-state index in [1.54, 1.807) is 0 Å². The van der Waals surface area contributed by atoms with Crippen molar-refractivity contribution in [2.24, 2.45) is 0 Å². The highest BCUT2D eigenvalue weighted by Crippen LogP contribution is 2.29. The molecule has 2 heterocycles. The van der Waals surface area contributed by atoms with Crippen molar-refractivity contribution in [3.63, 3.8) is 0 Å². The second kappa shape index (κ2) is 5.88. The van der Waals surface area contributed by atoms with Crippen LogP contribution in [-0.4, -0.2) is 47.1 Å². The van der Waals surface area contributed by atoms with Crippen LogP contribution in [0.3, 0.4) is 0 Å². The summed E-state index contributed by atoms with van der Waals surface area (Å²) in [6.07, 6.45) is -2.66. The lowest BCUT2D eigenvalue weighted by Gasteiger charge is -2.20. The number of alkyl halides is 3. The van der Waals surface area contributed by atoms with Crippen molar-refractivity contribution in [1.82, 2.24) is 9.88 Å². The van der Waals surface area contributed by atoms with Gasteiger partial charge in [-0.2, -0.15) is 13.2 Å². The van der Waals surface area contributed by atoms with Crippen molar-refractivity contribution in [3.8, 4) is 0 Å². The van der Waals surface area contributed by atoms with Gasteiger partial charge in [-0.05, 0) is 38.6 Å². The number of hydrogen-bond donors (Lipinski definition) is 2. The minimum Gasteiger partial charge on any atom is -0.478 e. The number of aromatic carboxylic acids is 1. The molecule has 1 aliphatic rings. The molecule has 0 aliphatic carbocycles. The van der Waals surface area contributed by atoms with Crippen LogP contribution in [-0.2, 0) is 6.18 Å². The zero-order chi connectivity index (χ0) is 15.6. The maximum absolute atomic E-state index is 12.7. The fourth-order valence-corrected chi connectivity index (χ4v) is 2.38. The Morgan fingerprint density at radius 1 is 1.52 bits per heavy atom. The van der Waals surface area contributed by atoms with Crippen LogP contribution in [0.5, 0.6) is 0 Å². The largest absolute Gasteiger partial charge is 0.478 e. The van der Waals surface area contributed by atoms with Crippen molar-refractivity contribution in [2.75, 3.05) is 25.5 Å². The van der Waals surface area contributed by atoms with E-state index in [2.05, 4.69) is 15.2 Å². The van der Waals surface area contributed by atoms with Crippen molar-refractivity contribution < 1.29 is 23.1 Å². The van der Waals surface area contributed by atoms with Gasteiger partial charge in [0.1, 0.15) is 17.1 Å². The Morgan fingerprint density at radius 3 is 2.76 bits per heavy atom. The van der Waals surface area contributed by atoms with Crippen LogP contribution in [0.2, 0.25) is 0 Å². The Morgan fingerprint density at radius 2 is 2.24 bits per heavy atom. The van der Waals surface area contributed by atoms with E-state index in [4.69, 9.17) is 5.11 Å². The second-order valence-corrected chi connectivity index (χ2v) is 5.05. The van der Waals surface area contributed by atoms with Crippen LogP contribution in [0.4, 0.5) is 19.0 Å². The van der Waals surface area contributed by atoms with E-state index in [-0.39, 0.29) is 17.4 Å². The number of pyridine rings is 1. The Bertz CT molecular complexity index is 534. The molecule has 1 fully saturated rings. The molecular weight excluding hydrogens is 287 g/mol. The van der Waals surface area contributed by atoms with E-state index >= 15 is 0 Å². The number of rotatable bonds is 4. The molecule has 2 N–H and O–H groups in total. The second-order valence-electron chi connectivity index (χ2n) is 5.05. The standard InChI is InChI=1S/C13H16F3N3O2/c1-19-6-2-3-8(19)7-17-11-9(12(20)21)4-5-10(18-11)13(14,15)16/h4-5,8H,2-3,6-7H2,1H3,(H,17,18)(H,20,21). The van der Waals surface area contributed by atoms with Crippen molar-refractivity contribution in [3.05, 3.63) is 23.4 Å². The van der Waals surface area contributed by atoms with E-state index in [0.29, 0.717) is 12.6 Å². The van der Waals surface area contributed by atoms with E-state index < -0.39 is 17.8 Å². The van der Waals surface area contributed by atoms with Gasteiger partial charge in [-0.15, -0.1) is 0 Å². The molecule has 0 saturated carbocycles. The van der Waals surface area contributed by atoms with Gasteiger partial charge in [0, 0.05) is 12.6 Å². The number of anilines is 1. The molecule has 0 bridgehead atoms. The number of halogens is 3. The van der Waals surface area contributed by atoms with Crippen LogP contribution in [0, 0.1) is 0 Å². The molecular formula is C13H16F3N3O2. The van der Waals surface area contributed by atoms with Gasteiger partial charge in [-0.1, -0.05) is 0 Å². The lowest BCUT2D eigenvalue weighted by atomic mass is 10.2. The van der Waals surface area contributed by atoms with Crippen molar-refractivity contribution >= 4 is 11.8 Å². The molecule has 1 saturated heterocycles. The molecule has 5 nitrogen and oxygen atoms in total. The highest BCUT2D eigenvalue weighted by Gasteiger charge is 2.33. The van der Waals surface area contributed by atoms with E-state index in [0.717, 1.165) is 25.5 Å². The van der Waals surface area contributed by atoms with Crippen molar-refractivity contribution in [2.45, 2.75) is 25.1 Å². The normalized spacial score (nSPS) is 19.7. The van der Waals surface area contributed by atoms with E-state index in [9.17, 15) is 18.0 Å². The summed E-state index contributed by atoms with van der Waals surface area (Å²) < 4.78 is 38.0. The average Bonchev–Trinajstić information content (AvgIpc) is 2.80. The molecule has 0 aromatic carbocycles. The Hall–Kier alpha value is -1.83. The molecule has 1 aliphatic heterocycles. The minimum absolute atomic E-state index is 0.169. The number of aromatic nitrogens is 1. The summed E-state index contributed by atoms with van der Waals surface area (Å²) in [4.78, 5) is 16.6. The number of nitrogens with one attached hydrogen (secondary N) is 1. The van der Waals surface area contributed by atoms with Gasteiger partial charge in [0.2, 0.25) is 0 Å². The van der Waals surface area contributed by atoms with Crippen LogP contribution in [0.25, 0.3) is 0 Å². The smallest absolute Gasteiger partial charge is 0.433 e. The lowest BCUT2D eigenvalue weighted by Crippen LogP contribution is -2.32. The molecule has 21 heavy (non-hydrogen) atoms. The highest BCUT2D eigenvalue weighted by atomic mass is 19.4. The fraction of sp³-hybridized carbons (Fsp3) is 0.538. The summed E-state index contributed by atoms with van der Waals surface area (Å²) in [7, 11) is 1.93. The quantitative estimate of drug-likeness (QED) is 0.893. The zero-order valence-electron chi connectivity index (χ0n) is 11.4. The Labute approximate surface area is 119 Å². The molecule has 1 aromatic rings. The van der Waals surface area contributed by atoms with E-state index in [1.807, 2.05) is 7.05 Å². The number of carboxylic acids is 1. The lowest BCUT2D eigenvalue weighted by molar-refractivity contribution is -0.141. The molecule has 116 valence electrons. The zero-order valence-corrected chi connectivity index (χ0v) is 11.4. The molecule has 1 unspecified atom stereocenters. The van der Waals surface area contributed by atoms with Crippen LogP contribution in [0.15, 0.2) is 12.1 Å². The highest BCUT2D eigenvalue weighted by molar-refractivity contribution is 5.93.